The Morgan fingerprint density at radius 2 is 1.93 bits per heavy atom. The number of ether oxygens (including phenoxy) is 1. The summed E-state index contributed by atoms with van der Waals surface area (Å²) in [7, 11) is 1.63. The molecule has 0 bridgehead atoms. The molecule has 0 radical (unpaired) electrons. The van der Waals surface area contributed by atoms with E-state index in [9.17, 15) is 4.79 Å². The van der Waals surface area contributed by atoms with E-state index in [1.165, 1.54) is 0 Å². The van der Waals surface area contributed by atoms with Crippen LogP contribution in [0.2, 0.25) is 5.02 Å². The van der Waals surface area contributed by atoms with Crippen LogP contribution in [0.3, 0.4) is 0 Å². The van der Waals surface area contributed by atoms with Crippen LogP contribution in [0.5, 0.6) is 5.75 Å². The predicted molar refractivity (Wildman–Crippen MR) is 114 cm³/mol. The zero-order chi connectivity index (χ0) is 19.1. The Balaban J connectivity index is 1.81. The smallest absolute Gasteiger partial charge is 0.249 e. The van der Waals surface area contributed by atoms with Crippen molar-refractivity contribution in [3.05, 3.63) is 67.6 Å². The Labute approximate surface area is 178 Å². The van der Waals surface area contributed by atoms with Crippen LogP contribution < -0.4 is 10.2 Å². The van der Waals surface area contributed by atoms with Crippen molar-refractivity contribution in [3.8, 4) is 5.75 Å². The first-order chi connectivity index (χ1) is 13.0. The average Bonchev–Trinajstić information content (AvgIpc) is 3.02. The monoisotopic (exact) mass is 508 g/mol. The summed E-state index contributed by atoms with van der Waals surface area (Å²) in [6, 6.07) is 11.7. The molecule has 1 amide bonds. The molecular weight excluding hydrogens is 495 g/mol. The van der Waals surface area contributed by atoms with Crippen LogP contribution in [0.25, 0.3) is 5.57 Å². The molecule has 138 valence electrons. The number of benzene rings is 2. The minimum Gasteiger partial charge on any atom is -0.494 e. The van der Waals surface area contributed by atoms with E-state index in [0.29, 0.717) is 11.4 Å². The van der Waals surface area contributed by atoms with E-state index < -0.39 is 0 Å². The maximum atomic E-state index is 12.4. The fourth-order valence-corrected chi connectivity index (χ4v) is 5.49. The second-order valence-corrected chi connectivity index (χ2v) is 8.58. The zero-order valence-corrected chi connectivity index (χ0v) is 18.2. The highest BCUT2D eigenvalue weighted by Crippen LogP contribution is 2.45. The highest BCUT2D eigenvalue weighted by Gasteiger charge is 2.41. The van der Waals surface area contributed by atoms with Crippen molar-refractivity contribution < 1.29 is 9.53 Å². The number of hydrogen-bond acceptors (Lipinski definition) is 3. The highest BCUT2D eigenvalue weighted by molar-refractivity contribution is 9.11. The molecule has 0 saturated heterocycles. The number of allylic oxidation sites excluding steroid dienone is 2. The molecule has 1 N–H and O–H groups in total. The molecular formula is C20H15Br2ClN2O2. The first-order valence-corrected chi connectivity index (χ1v) is 10.3. The summed E-state index contributed by atoms with van der Waals surface area (Å²) in [4.78, 5) is 12.4. The van der Waals surface area contributed by atoms with Gasteiger partial charge in [-0.3, -0.25) is 4.79 Å². The summed E-state index contributed by atoms with van der Waals surface area (Å²) in [5, 5.41) is 4.91. The van der Waals surface area contributed by atoms with Gasteiger partial charge in [0.2, 0.25) is 5.91 Å². The molecule has 1 heterocycles. The number of carbonyl (C=O) groups is 1. The van der Waals surface area contributed by atoms with E-state index in [-0.39, 0.29) is 17.7 Å². The number of nitrogens with zero attached hydrogens (tertiary/aromatic N) is 1. The lowest BCUT2D eigenvalue weighted by atomic mass is 9.73. The maximum Gasteiger partial charge on any atom is 0.249 e. The van der Waals surface area contributed by atoms with Gasteiger partial charge in [0.1, 0.15) is 5.75 Å². The summed E-state index contributed by atoms with van der Waals surface area (Å²) in [6.07, 6.45) is 2.68. The molecule has 1 aliphatic carbocycles. The van der Waals surface area contributed by atoms with E-state index in [2.05, 4.69) is 42.4 Å². The first-order valence-electron chi connectivity index (χ1n) is 8.35. The molecule has 1 aliphatic heterocycles. The Hall–Kier alpha value is -1.63. The van der Waals surface area contributed by atoms with Crippen molar-refractivity contribution in [2.45, 2.75) is 12.3 Å². The van der Waals surface area contributed by atoms with Crippen LogP contribution >= 0.6 is 43.5 Å². The molecule has 0 saturated carbocycles. The second-order valence-electron chi connectivity index (χ2n) is 6.47. The van der Waals surface area contributed by atoms with Gasteiger partial charge in [0, 0.05) is 10.9 Å². The van der Waals surface area contributed by atoms with E-state index in [0.717, 1.165) is 37.1 Å². The number of methoxy groups -OCH3 is 1. The van der Waals surface area contributed by atoms with Crippen LogP contribution in [0.1, 0.15) is 23.5 Å². The largest absolute Gasteiger partial charge is 0.494 e. The number of hydrazone groups is 1. The minimum absolute atomic E-state index is 0.0698. The lowest BCUT2D eigenvalue weighted by Gasteiger charge is -2.29. The molecule has 0 fully saturated rings. The molecule has 27 heavy (non-hydrogen) atoms. The molecule has 2 aliphatic rings. The Bertz CT molecular complexity index is 980. The average molecular weight is 511 g/mol. The summed E-state index contributed by atoms with van der Waals surface area (Å²) < 4.78 is 7.11. The van der Waals surface area contributed by atoms with Crippen molar-refractivity contribution in [3.63, 3.8) is 0 Å². The zero-order valence-electron chi connectivity index (χ0n) is 14.3. The fraction of sp³-hybridized carbons (Fsp3) is 0.200. The SMILES string of the molecule is COc1c(Br)cc(C2=CC3=NNC(=O)C3C(c3ccccc3Cl)C2)cc1Br. The van der Waals surface area contributed by atoms with Gasteiger partial charge in [-0.15, -0.1) is 0 Å². The standard InChI is InChI=1S/C20H15Br2ClN2O2/c1-27-19-14(21)7-11(8-15(19)22)10-6-13(12-4-2-3-5-16(12)23)18-17(9-10)24-25-20(18)26/h2-5,7-9,13,18H,6H2,1H3,(H,25,26). The van der Waals surface area contributed by atoms with Gasteiger partial charge in [-0.1, -0.05) is 29.8 Å². The van der Waals surface area contributed by atoms with Gasteiger partial charge in [-0.25, -0.2) is 5.43 Å². The number of hydrogen-bond donors (Lipinski definition) is 1. The van der Waals surface area contributed by atoms with Gasteiger partial charge in [-0.05, 0) is 79.3 Å². The molecule has 4 rings (SSSR count). The van der Waals surface area contributed by atoms with Crippen LogP contribution in [0, 0.1) is 5.92 Å². The summed E-state index contributed by atoms with van der Waals surface area (Å²) >= 11 is 13.6. The van der Waals surface area contributed by atoms with Crippen LogP contribution in [-0.4, -0.2) is 18.7 Å². The van der Waals surface area contributed by atoms with Crippen molar-refractivity contribution >= 4 is 60.7 Å². The maximum absolute atomic E-state index is 12.4. The Kier molecular flexibility index (Phi) is 5.14. The van der Waals surface area contributed by atoms with Crippen molar-refractivity contribution in [1.82, 2.24) is 5.43 Å². The van der Waals surface area contributed by atoms with Crippen molar-refractivity contribution in [1.29, 1.82) is 0 Å². The third kappa shape index (κ3) is 3.35. The highest BCUT2D eigenvalue weighted by atomic mass is 79.9. The Morgan fingerprint density at radius 1 is 1.22 bits per heavy atom. The molecule has 0 spiro atoms. The molecule has 2 unspecified atom stereocenters. The van der Waals surface area contributed by atoms with E-state index in [1.54, 1.807) is 7.11 Å². The lowest BCUT2D eigenvalue weighted by Crippen LogP contribution is -2.31. The van der Waals surface area contributed by atoms with Gasteiger partial charge < -0.3 is 4.74 Å². The fourth-order valence-electron chi connectivity index (χ4n) is 3.70. The quantitative estimate of drug-likeness (QED) is 0.589. The molecule has 2 aromatic carbocycles. The number of fused-ring (bicyclic) bond motifs is 1. The third-order valence-electron chi connectivity index (χ3n) is 4.94. The van der Waals surface area contributed by atoms with E-state index >= 15 is 0 Å². The third-order valence-corrected chi connectivity index (χ3v) is 6.46. The van der Waals surface area contributed by atoms with Crippen molar-refractivity contribution in [2.75, 3.05) is 7.11 Å². The van der Waals surface area contributed by atoms with Gasteiger partial charge in [0.15, 0.2) is 0 Å². The number of rotatable bonds is 3. The van der Waals surface area contributed by atoms with Gasteiger partial charge >= 0.3 is 0 Å². The number of amides is 1. The lowest BCUT2D eigenvalue weighted by molar-refractivity contribution is -0.122. The van der Waals surface area contributed by atoms with Gasteiger partial charge in [-0.2, -0.15) is 5.10 Å². The van der Waals surface area contributed by atoms with Crippen LogP contribution in [-0.2, 0) is 4.79 Å². The van der Waals surface area contributed by atoms with Gasteiger partial charge in [0.05, 0.1) is 27.7 Å². The first kappa shape index (κ1) is 18.7. The minimum atomic E-state index is -0.321. The second kappa shape index (κ2) is 7.41. The van der Waals surface area contributed by atoms with Crippen LogP contribution in [0.15, 0.2) is 56.5 Å². The molecule has 7 heteroatoms. The predicted octanol–water partition coefficient (Wildman–Crippen LogP) is 5.55. The van der Waals surface area contributed by atoms with Crippen molar-refractivity contribution in [2.24, 2.45) is 11.0 Å². The molecule has 0 aromatic heterocycles. The Morgan fingerprint density at radius 3 is 2.59 bits per heavy atom. The van der Waals surface area contributed by atoms with Crippen LogP contribution in [0.4, 0.5) is 0 Å². The van der Waals surface area contributed by atoms with Gasteiger partial charge in [0.25, 0.3) is 0 Å². The topological polar surface area (TPSA) is 50.7 Å². The summed E-state index contributed by atoms with van der Waals surface area (Å²) in [5.41, 5.74) is 6.45. The molecule has 4 nitrogen and oxygen atoms in total. The number of nitrogens with one attached hydrogen (secondary N) is 1. The summed E-state index contributed by atoms with van der Waals surface area (Å²) in [6.45, 7) is 0. The molecule has 2 atom stereocenters. The molecule has 2 aromatic rings. The number of halogens is 3. The van der Waals surface area contributed by atoms with E-state index in [1.807, 2.05) is 42.5 Å². The summed E-state index contributed by atoms with van der Waals surface area (Å²) in [5.74, 6) is 0.270. The normalized spacial score (nSPS) is 21.3. The number of carbonyl (C=O) groups excluding carboxylic acids is 1. The van der Waals surface area contributed by atoms with E-state index in [4.69, 9.17) is 16.3 Å².